The molecule has 0 unspecified atom stereocenters. The molecule has 0 bridgehead atoms. The lowest BCUT2D eigenvalue weighted by Crippen LogP contribution is -2.36. The lowest BCUT2D eigenvalue weighted by Gasteiger charge is -2.24. The third-order valence-corrected chi connectivity index (χ3v) is 3.12. The average Bonchev–Trinajstić information content (AvgIpc) is 2.97. The van der Waals surface area contributed by atoms with Gasteiger partial charge in [-0.3, -0.25) is 4.79 Å². The summed E-state index contributed by atoms with van der Waals surface area (Å²) in [7, 11) is 0. The van der Waals surface area contributed by atoms with Gasteiger partial charge in [-0.15, -0.1) is 0 Å². The van der Waals surface area contributed by atoms with Crippen LogP contribution in [-0.4, -0.2) is 37.2 Å². The fraction of sp³-hybridized carbons (Fsp3) is 0.286. The Kier molecular flexibility index (Phi) is 3.74. The van der Waals surface area contributed by atoms with Crippen LogP contribution in [0.3, 0.4) is 0 Å². The number of nitrogens with two attached hydrogens (primary N) is 1. The first-order chi connectivity index (χ1) is 10.2. The molecular formula is C14H15N3O4. The van der Waals surface area contributed by atoms with Gasteiger partial charge in [-0.2, -0.15) is 4.98 Å². The second-order valence-corrected chi connectivity index (χ2v) is 4.52. The molecule has 3 rings (SSSR count). The fourth-order valence-corrected chi connectivity index (χ4v) is 2.07. The summed E-state index contributed by atoms with van der Waals surface area (Å²) in [6, 6.07) is 7.19. The second-order valence-electron chi connectivity index (χ2n) is 4.52. The van der Waals surface area contributed by atoms with Gasteiger partial charge in [0.25, 0.3) is 11.9 Å². The lowest BCUT2D eigenvalue weighted by molar-refractivity contribution is 0.0997. The van der Waals surface area contributed by atoms with E-state index in [1.807, 2.05) is 4.90 Å². The summed E-state index contributed by atoms with van der Waals surface area (Å²) in [5, 5.41) is 0. The molecule has 2 aromatic rings. The largest absolute Gasteiger partial charge is 0.424 e. The Labute approximate surface area is 121 Å². The topological polar surface area (TPSA) is 90.8 Å². The zero-order valence-electron chi connectivity index (χ0n) is 11.3. The van der Waals surface area contributed by atoms with Crippen LogP contribution in [0.2, 0.25) is 0 Å². The van der Waals surface area contributed by atoms with Crippen molar-refractivity contribution in [1.82, 2.24) is 4.98 Å². The summed E-state index contributed by atoms with van der Waals surface area (Å²) in [6.07, 6.45) is 1.47. The van der Waals surface area contributed by atoms with E-state index in [0.717, 1.165) is 13.1 Å². The summed E-state index contributed by atoms with van der Waals surface area (Å²) in [6.45, 7) is 2.72. The van der Waals surface area contributed by atoms with E-state index < -0.39 is 5.91 Å². The molecule has 0 aliphatic carbocycles. The molecule has 0 saturated carbocycles. The molecule has 2 N–H and O–H groups in total. The number of para-hydroxylation sites is 1. The number of carbonyl (C=O) groups excluding carboxylic acids is 1. The first-order valence-electron chi connectivity index (χ1n) is 6.59. The second kappa shape index (κ2) is 5.84. The number of hydrogen-bond donors (Lipinski definition) is 1. The Morgan fingerprint density at radius 1 is 1.29 bits per heavy atom. The molecule has 1 aromatic carbocycles. The zero-order chi connectivity index (χ0) is 14.7. The number of oxazole rings is 1. The highest BCUT2D eigenvalue weighted by atomic mass is 16.6. The molecule has 1 aromatic heterocycles. The van der Waals surface area contributed by atoms with Crippen molar-refractivity contribution in [2.24, 2.45) is 5.73 Å². The van der Waals surface area contributed by atoms with Gasteiger partial charge in [0.05, 0.1) is 18.8 Å². The predicted octanol–water partition coefficient (Wildman–Crippen LogP) is 1.40. The molecule has 110 valence electrons. The molecule has 1 fully saturated rings. The van der Waals surface area contributed by atoms with Gasteiger partial charge in [0.1, 0.15) is 11.9 Å². The third kappa shape index (κ3) is 2.97. The number of anilines is 1. The SMILES string of the molecule is NC(=O)c1ccccc1Oc1cnc(N2CCOCC2)o1. The van der Waals surface area contributed by atoms with Crippen LogP contribution in [0.15, 0.2) is 34.9 Å². The minimum Gasteiger partial charge on any atom is -0.424 e. The summed E-state index contributed by atoms with van der Waals surface area (Å²) in [4.78, 5) is 17.5. The van der Waals surface area contributed by atoms with Crippen molar-refractivity contribution in [2.45, 2.75) is 0 Å². The molecule has 1 amide bonds. The van der Waals surface area contributed by atoms with Crippen LogP contribution < -0.4 is 15.4 Å². The number of primary amides is 1. The summed E-state index contributed by atoms with van der Waals surface area (Å²) in [5.41, 5.74) is 5.60. The van der Waals surface area contributed by atoms with Crippen molar-refractivity contribution >= 4 is 11.9 Å². The van der Waals surface area contributed by atoms with E-state index >= 15 is 0 Å². The molecule has 21 heavy (non-hydrogen) atoms. The van der Waals surface area contributed by atoms with Crippen LogP contribution in [0, 0.1) is 0 Å². The number of nitrogens with zero attached hydrogens (tertiary/aromatic N) is 2. The monoisotopic (exact) mass is 289 g/mol. The van der Waals surface area contributed by atoms with Crippen molar-refractivity contribution < 1.29 is 18.7 Å². The summed E-state index contributed by atoms with van der Waals surface area (Å²) in [5.74, 6) is -0.00149. The number of morpholine rings is 1. The predicted molar refractivity (Wildman–Crippen MR) is 74.6 cm³/mol. The minimum absolute atomic E-state index is 0.213. The van der Waals surface area contributed by atoms with E-state index in [1.54, 1.807) is 24.3 Å². The molecule has 0 atom stereocenters. The Morgan fingerprint density at radius 2 is 2.05 bits per heavy atom. The van der Waals surface area contributed by atoms with E-state index in [1.165, 1.54) is 6.20 Å². The van der Waals surface area contributed by atoms with Crippen LogP contribution in [0.25, 0.3) is 0 Å². The van der Waals surface area contributed by atoms with Crippen molar-refractivity contribution in [3.63, 3.8) is 0 Å². The molecule has 1 aliphatic heterocycles. The summed E-state index contributed by atoms with van der Waals surface area (Å²) >= 11 is 0. The molecule has 1 aliphatic rings. The molecule has 0 radical (unpaired) electrons. The van der Waals surface area contributed by atoms with Gasteiger partial charge in [0.2, 0.25) is 0 Å². The van der Waals surface area contributed by atoms with Gasteiger partial charge >= 0.3 is 5.95 Å². The van der Waals surface area contributed by atoms with E-state index in [0.29, 0.717) is 30.5 Å². The van der Waals surface area contributed by atoms with E-state index in [9.17, 15) is 4.79 Å². The quantitative estimate of drug-likeness (QED) is 0.915. The lowest BCUT2D eigenvalue weighted by atomic mass is 10.2. The maximum atomic E-state index is 11.3. The van der Waals surface area contributed by atoms with Crippen LogP contribution in [-0.2, 0) is 4.74 Å². The van der Waals surface area contributed by atoms with Crippen LogP contribution >= 0.6 is 0 Å². The Bertz CT molecular complexity index is 635. The van der Waals surface area contributed by atoms with Crippen LogP contribution in [0.1, 0.15) is 10.4 Å². The first-order valence-corrected chi connectivity index (χ1v) is 6.59. The van der Waals surface area contributed by atoms with E-state index in [2.05, 4.69) is 4.98 Å². The van der Waals surface area contributed by atoms with Crippen molar-refractivity contribution in [3.8, 4) is 11.7 Å². The van der Waals surface area contributed by atoms with Crippen LogP contribution in [0.5, 0.6) is 11.7 Å². The smallest absolute Gasteiger partial charge is 0.312 e. The van der Waals surface area contributed by atoms with Gasteiger partial charge in [-0.05, 0) is 12.1 Å². The normalized spacial score (nSPS) is 15.0. The van der Waals surface area contributed by atoms with Gasteiger partial charge in [0.15, 0.2) is 0 Å². The number of hydrogen-bond acceptors (Lipinski definition) is 6. The number of benzene rings is 1. The standard InChI is InChI=1S/C14H15N3O4/c15-13(18)10-3-1-2-4-11(10)20-12-9-16-14(21-12)17-5-7-19-8-6-17/h1-4,9H,5-8H2,(H2,15,18). The van der Waals surface area contributed by atoms with Crippen molar-refractivity contribution in [1.29, 1.82) is 0 Å². The molecular weight excluding hydrogens is 274 g/mol. The van der Waals surface area contributed by atoms with Gasteiger partial charge in [0, 0.05) is 13.1 Å². The first kappa shape index (κ1) is 13.4. The van der Waals surface area contributed by atoms with Crippen molar-refractivity contribution in [3.05, 3.63) is 36.0 Å². The molecule has 1 saturated heterocycles. The summed E-state index contributed by atoms with van der Waals surface area (Å²) < 4.78 is 16.4. The maximum Gasteiger partial charge on any atom is 0.312 e. The van der Waals surface area contributed by atoms with Gasteiger partial charge < -0.3 is 24.5 Å². The van der Waals surface area contributed by atoms with Gasteiger partial charge in [-0.25, -0.2) is 0 Å². The number of amides is 1. The van der Waals surface area contributed by atoms with E-state index in [4.69, 9.17) is 19.6 Å². The highest BCUT2D eigenvalue weighted by Gasteiger charge is 2.18. The third-order valence-electron chi connectivity index (χ3n) is 3.12. The molecule has 2 heterocycles. The highest BCUT2D eigenvalue weighted by molar-refractivity contribution is 5.95. The average molecular weight is 289 g/mol. The van der Waals surface area contributed by atoms with E-state index in [-0.39, 0.29) is 5.95 Å². The van der Waals surface area contributed by atoms with Crippen molar-refractivity contribution in [2.75, 3.05) is 31.2 Å². The van der Waals surface area contributed by atoms with Gasteiger partial charge in [-0.1, -0.05) is 12.1 Å². The number of ether oxygens (including phenoxy) is 2. The maximum absolute atomic E-state index is 11.3. The zero-order valence-corrected chi connectivity index (χ0v) is 11.3. The fourth-order valence-electron chi connectivity index (χ4n) is 2.07. The molecule has 7 nitrogen and oxygen atoms in total. The Hall–Kier alpha value is -2.54. The Balaban J connectivity index is 1.77. The Morgan fingerprint density at radius 3 is 2.81 bits per heavy atom. The number of carbonyl (C=O) groups is 1. The number of aromatic nitrogens is 1. The molecule has 0 spiro atoms. The molecule has 7 heteroatoms. The minimum atomic E-state index is -0.557. The highest BCUT2D eigenvalue weighted by Crippen LogP contribution is 2.28. The van der Waals surface area contributed by atoms with Crippen LogP contribution in [0.4, 0.5) is 6.01 Å². The number of rotatable bonds is 4.